The summed E-state index contributed by atoms with van der Waals surface area (Å²) in [6.07, 6.45) is 1.46. The molecule has 9 heteroatoms. The molecule has 148 valence electrons. The Morgan fingerprint density at radius 3 is 1.84 bits per heavy atom. The first-order valence-electron chi connectivity index (χ1n) is 8.47. The summed E-state index contributed by atoms with van der Waals surface area (Å²) in [7, 11) is 1.61. The van der Waals surface area contributed by atoms with Crippen LogP contribution < -0.4 is 11.5 Å². The maximum atomic E-state index is 11.8. The highest BCUT2D eigenvalue weighted by molar-refractivity contribution is 5.83. The molecule has 0 aromatic rings. The number of ketones is 1. The van der Waals surface area contributed by atoms with E-state index in [9.17, 15) is 9.59 Å². The van der Waals surface area contributed by atoms with Gasteiger partial charge < -0.3 is 35.5 Å². The number of rotatable bonds is 18. The minimum absolute atomic E-state index is 0.101. The molecule has 0 heterocycles. The molecule has 0 aromatic carbocycles. The first-order chi connectivity index (χ1) is 12.0. The molecule has 0 aliphatic carbocycles. The van der Waals surface area contributed by atoms with Gasteiger partial charge in [0.25, 0.3) is 0 Å². The lowest BCUT2D eigenvalue weighted by atomic mass is 10.0. The third-order valence-electron chi connectivity index (χ3n) is 3.43. The van der Waals surface area contributed by atoms with E-state index in [-0.39, 0.29) is 18.8 Å². The molecule has 0 radical (unpaired) electrons. The molecular formula is C16H32N2O7. The van der Waals surface area contributed by atoms with Crippen LogP contribution in [0.15, 0.2) is 0 Å². The molecule has 0 aliphatic rings. The van der Waals surface area contributed by atoms with Gasteiger partial charge in [-0.2, -0.15) is 0 Å². The number of Topliss-reactive ketones (excluding diaryl/α,β-unsaturated/α-hetero) is 1. The van der Waals surface area contributed by atoms with Crippen LogP contribution in [0.25, 0.3) is 0 Å². The van der Waals surface area contributed by atoms with E-state index < -0.39 is 18.1 Å². The van der Waals surface area contributed by atoms with Gasteiger partial charge in [0.15, 0.2) is 5.78 Å². The van der Waals surface area contributed by atoms with E-state index in [1.54, 1.807) is 7.11 Å². The highest BCUT2D eigenvalue weighted by Gasteiger charge is 2.15. The van der Waals surface area contributed by atoms with Gasteiger partial charge in [0.05, 0.1) is 52.3 Å². The van der Waals surface area contributed by atoms with Crippen molar-refractivity contribution in [3.8, 4) is 0 Å². The van der Waals surface area contributed by atoms with Crippen LogP contribution in [0.4, 0.5) is 0 Å². The number of ether oxygens (including phenoxy) is 4. The molecule has 0 spiro atoms. The lowest BCUT2D eigenvalue weighted by molar-refractivity contribution is -0.138. The van der Waals surface area contributed by atoms with Crippen molar-refractivity contribution in [1.82, 2.24) is 0 Å². The second-order valence-electron chi connectivity index (χ2n) is 5.53. The second-order valence-corrected chi connectivity index (χ2v) is 5.53. The fourth-order valence-corrected chi connectivity index (χ4v) is 1.88. The molecule has 0 saturated carbocycles. The predicted octanol–water partition coefficient (Wildman–Crippen LogP) is -0.449. The Hall–Kier alpha value is -1.10. The third-order valence-corrected chi connectivity index (χ3v) is 3.43. The third kappa shape index (κ3) is 14.9. The van der Waals surface area contributed by atoms with Gasteiger partial charge in [-0.3, -0.25) is 9.59 Å². The van der Waals surface area contributed by atoms with Crippen LogP contribution in [-0.4, -0.2) is 82.3 Å². The van der Waals surface area contributed by atoms with E-state index in [0.717, 1.165) is 0 Å². The van der Waals surface area contributed by atoms with Crippen molar-refractivity contribution in [2.45, 2.75) is 37.8 Å². The summed E-state index contributed by atoms with van der Waals surface area (Å²) in [5, 5.41) is 8.66. The predicted molar refractivity (Wildman–Crippen MR) is 91.4 cm³/mol. The molecule has 5 N–H and O–H groups in total. The first kappa shape index (κ1) is 23.9. The monoisotopic (exact) mass is 364 g/mol. The summed E-state index contributed by atoms with van der Waals surface area (Å²) < 4.78 is 20.7. The van der Waals surface area contributed by atoms with E-state index in [1.165, 1.54) is 0 Å². The molecule has 1 unspecified atom stereocenters. The summed E-state index contributed by atoms with van der Waals surface area (Å²) in [6, 6.07) is -1.51. The van der Waals surface area contributed by atoms with Crippen molar-refractivity contribution >= 4 is 11.8 Å². The Balaban J connectivity index is 3.43. The quantitative estimate of drug-likeness (QED) is 0.275. The van der Waals surface area contributed by atoms with Crippen LogP contribution in [0, 0.1) is 0 Å². The standard InChI is InChI=1S/C16H32N2O7/c1-22-7-8-24-11-12-25-10-9-23-6-5-15(19)13(17)3-2-4-14(18)16(20)21/h13-14H,2-12,17-18H2,1H3,(H,20,21)/t13?,14-/m0/s1. The number of carboxylic acids is 1. The van der Waals surface area contributed by atoms with Gasteiger partial charge in [0.1, 0.15) is 6.04 Å². The number of hydrogen-bond acceptors (Lipinski definition) is 8. The SMILES string of the molecule is COCCOCCOCCOCCC(=O)C(N)CCC[C@H](N)C(=O)O. The van der Waals surface area contributed by atoms with Gasteiger partial charge in [0, 0.05) is 13.5 Å². The van der Waals surface area contributed by atoms with Gasteiger partial charge in [-0.15, -0.1) is 0 Å². The van der Waals surface area contributed by atoms with E-state index in [2.05, 4.69) is 0 Å². The zero-order valence-electron chi connectivity index (χ0n) is 15.0. The second kappa shape index (κ2) is 16.4. The summed E-state index contributed by atoms with van der Waals surface area (Å²) in [5.41, 5.74) is 11.2. The maximum absolute atomic E-state index is 11.8. The smallest absolute Gasteiger partial charge is 0.320 e. The molecule has 2 atom stereocenters. The molecule has 9 nitrogen and oxygen atoms in total. The average Bonchev–Trinajstić information content (AvgIpc) is 2.59. The van der Waals surface area contributed by atoms with Gasteiger partial charge in [-0.1, -0.05) is 0 Å². The fourth-order valence-electron chi connectivity index (χ4n) is 1.88. The Bertz CT molecular complexity index is 355. The van der Waals surface area contributed by atoms with Crippen molar-refractivity contribution in [3.05, 3.63) is 0 Å². The summed E-state index contributed by atoms with van der Waals surface area (Å²) in [4.78, 5) is 22.4. The van der Waals surface area contributed by atoms with E-state index >= 15 is 0 Å². The van der Waals surface area contributed by atoms with Crippen molar-refractivity contribution in [1.29, 1.82) is 0 Å². The Morgan fingerprint density at radius 2 is 1.32 bits per heavy atom. The molecule has 0 fully saturated rings. The average molecular weight is 364 g/mol. The zero-order valence-corrected chi connectivity index (χ0v) is 15.0. The Kier molecular flexibility index (Phi) is 15.7. The van der Waals surface area contributed by atoms with Crippen LogP contribution in [0.3, 0.4) is 0 Å². The van der Waals surface area contributed by atoms with Gasteiger partial charge in [0.2, 0.25) is 0 Å². The summed E-state index contributed by atoms with van der Waals surface area (Å²) >= 11 is 0. The first-order valence-corrected chi connectivity index (χ1v) is 8.47. The molecular weight excluding hydrogens is 332 g/mol. The van der Waals surface area contributed by atoms with Crippen molar-refractivity contribution in [3.63, 3.8) is 0 Å². The summed E-state index contributed by atoms with van der Waals surface area (Å²) in [5.74, 6) is -1.14. The van der Waals surface area contributed by atoms with E-state index in [1.807, 2.05) is 0 Å². The van der Waals surface area contributed by atoms with Crippen LogP contribution in [-0.2, 0) is 28.5 Å². The van der Waals surface area contributed by atoms with Gasteiger partial charge in [-0.25, -0.2) is 0 Å². The number of carboxylic acid groups (broad SMARTS) is 1. The largest absolute Gasteiger partial charge is 0.480 e. The minimum atomic E-state index is -1.04. The zero-order chi connectivity index (χ0) is 18.9. The van der Waals surface area contributed by atoms with E-state index in [4.69, 9.17) is 35.5 Å². The number of methoxy groups -OCH3 is 1. The molecule has 0 aliphatic heterocycles. The van der Waals surface area contributed by atoms with Crippen molar-refractivity contribution < 1.29 is 33.6 Å². The Morgan fingerprint density at radius 1 is 0.840 bits per heavy atom. The van der Waals surface area contributed by atoms with Crippen LogP contribution >= 0.6 is 0 Å². The molecule has 0 aromatic heterocycles. The highest BCUT2D eigenvalue weighted by Crippen LogP contribution is 2.04. The molecule has 0 amide bonds. The van der Waals surface area contributed by atoms with Crippen molar-refractivity contribution in [2.24, 2.45) is 11.5 Å². The highest BCUT2D eigenvalue weighted by atomic mass is 16.6. The van der Waals surface area contributed by atoms with Crippen LogP contribution in [0.1, 0.15) is 25.7 Å². The number of carbonyl (C=O) groups is 2. The normalized spacial score (nSPS) is 13.6. The maximum Gasteiger partial charge on any atom is 0.320 e. The molecule has 0 saturated heterocycles. The van der Waals surface area contributed by atoms with Crippen LogP contribution in [0.5, 0.6) is 0 Å². The number of carbonyl (C=O) groups excluding carboxylic acids is 1. The topological polar surface area (TPSA) is 143 Å². The lowest BCUT2D eigenvalue weighted by Gasteiger charge is -2.12. The van der Waals surface area contributed by atoms with Crippen LogP contribution in [0.2, 0.25) is 0 Å². The lowest BCUT2D eigenvalue weighted by Crippen LogP contribution is -2.33. The minimum Gasteiger partial charge on any atom is -0.480 e. The Labute approximate surface area is 148 Å². The van der Waals surface area contributed by atoms with Gasteiger partial charge >= 0.3 is 5.97 Å². The molecule has 0 rings (SSSR count). The summed E-state index contributed by atoms with van der Waals surface area (Å²) in [6.45, 7) is 3.20. The number of hydrogen-bond donors (Lipinski definition) is 3. The number of aliphatic carboxylic acids is 1. The van der Waals surface area contributed by atoms with Crippen molar-refractivity contribution in [2.75, 3.05) is 53.4 Å². The number of nitrogens with two attached hydrogens (primary N) is 2. The molecule has 0 bridgehead atoms. The molecule has 25 heavy (non-hydrogen) atoms. The van der Waals surface area contributed by atoms with Gasteiger partial charge in [-0.05, 0) is 19.3 Å². The van der Waals surface area contributed by atoms with E-state index in [0.29, 0.717) is 58.9 Å². The fraction of sp³-hybridized carbons (Fsp3) is 0.875.